The zero-order valence-electron chi connectivity index (χ0n) is 10.1. The van der Waals surface area contributed by atoms with Crippen LogP contribution in [-0.2, 0) is 11.3 Å². The number of aliphatic hydroxyl groups excluding tert-OH is 1. The summed E-state index contributed by atoms with van der Waals surface area (Å²) in [5.41, 5.74) is -0.199. The van der Waals surface area contributed by atoms with E-state index in [4.69, 9.17) is 5.11 Å². The van der Waals surface area contributed by atoms with Crippen LogP contribution in [0.15, 0.2) is 22.6 Å². The first kappa shape index (κ1) is 12.3. The number of carbonyl (C=O) groups is 1. The van der Waals surface area contributed by atoms with E-state index in [-0.39, 0.29) is 30.2 Å². The number of thiophene rings is 1. The van der Waals surface area contributed by atoms with Gasteiger partial charge in [-0.1, -0.05) is 0 Å². The maximum Gasteiger partial charge on any atom is 0.262 e. The van der Waals surface area contributed by atoms with Crippen LogP contribution in [-0.4, -0.2) is 32.7 Å². The van der Waals surface area contributed by atoms with E-state index in [2.05, 4.69) is 10.3 Å². The van der Waals surface area contributed by atoms with Crippen LogP contribution in [0.4, 0.5) is 0 Å². The zero-order valence-corrected chi connectivity index (χ0v) is 10.9. The fourth-order valence-corrected chi connectivity index (χ4v) is 2.86. The van der Waals surface area contributed by atoms with Crippen LogP contribution >= 0.6 is 11.3 Å². The summed E-state index contributed by atoms with van der Waals surface area (Å²) in [6, 6.07) is 1.74. The van der Waals surface area contributed by atoms with Gasteiger partial charge in [0.25, 0.3) is 5.56 Å². The minimum Gasteiger partial charge on any atom is -0.393 e. The fourth-order valence-electron chi connectivity index (χ4n) is 2.14. The minimum absolute atomic E-state index is 0.0241. The van der Waals surface area contributed by atoms with Crippen LogP contribution in [0.2, 0.25) is 0 Å². The first-order valence-corrected chi connectivity index (χ1v) is 6.91. The maximum absolute atomic E-state index is 12.1. The van der Waals surface area contributed by atoms with Gasteiger partial charge in [0.15, 0.2) is 0 Å². The molecular weight excluding hydrogens is 266 g/mol. The molecular formula is C12H13N3O3S. The lowest BCUT2D eigenvalue weighted by molar-refractivity contribution is -0.123. The second-order valence-corrected chi connectivity index (χ2v) is 5.60. The Bertz CT molecular complexity index is 672. The third kappa shape index (κ3) is 2.39. The van der Waals surface area contributed by atoms with E-state index in [1.807, 2.05) is 0 Å². The molecule has 1 aliphatic rings. The third-order valence-electron chi connectivity index (χ3n) is 3.24. The molecule has 0 unspecified atom stereocenters. The SMILES string of the molecule is O=C(Cn1cnc2sccc2c1=O)NC1CC(O)C1. The molecule has 1 aliphatic carbocycles. The molecule has 1 fully saturated rings. The molecule has 2 N–H and O–H groups in total. The number of amides is 1. The van der Waals surface area contributed by atoms with Crippen LogP contribution in [0.5, 0.6) is 0 Å². The normalized spacial score (nSPS) is 22.2. The Kier molecular flexibility index (Phi) is 3.08. The van der Waals surface area contributed by atoms with E-state index in [1.165, 1.54) is 22.2 Å². The monoisotopic (exact) mass is 279 g/mol. The number of nitrogens with zero attached hydrogens (tertiary/aromatic N) is 2. The number of aromatic nitrogens is 2. The van der Waals surface area contributed by atoms with Gasteiger partial charge in [-0.15, -0.1) is 11.3 Å². The molecule has 3 rings (SSSR count). The lowest BCUT2D eigenvalue weighted by Gasteiger charge is -2.31. The molecule has 0 aliphatic heterocycles. The first-order valence-electron chi connectivity index (χ1n) is 6.03. The van der Waals surface area contributed by atoms with E-state index in [0.29, 0.717) is 23.1 Å². The van der Waals surface area contributed by atoms with Gasteiger partial charge in [-0.2, -0.15) is 0 Å². The first-order chi connectivity index (χ1) is 9.13. The number of hydrogen-bond donors (Lipinski definition) is 2. The number of aliphatic hydroxyl groups is 1. The average Bonchev–Trinajstić information content (AvgIpc) is 2.80. The molecule has 1 saturated carbocycles. The summed E-state index contributed by atoms with van der Waals surface area (Å²) in [6.45, 7) is -0.0375. The van der Waals surface area contributed by atoms with Crippen LogP contribution in [0, 0.1) is 0 Å². The topological polar surface area (TPSA) is 84.2 Å². The molecule has 0 aromatic carbocycles. The van der Waals surface area contributed by atoms with Gasteiger partial charge in [0, 0.05) is 6.04 Å². The van der Waals surface area contributed by atoms with Crippen molar-refractivity contribution in [1.82, 2.24) is 14.9 Å². The number of rotatable bonds is 3. The highest BCUT2D eigenvalue weighted by Crippen LogP contribution is 2.19. The van der Waals surface area contributed by atoms with E-state index in [0.717, 1.165) is 0 Å². The molecule has 2 aromatic rings. The molecule has 2 aromatic heterocycles. The van der Waals surface area contributed by atoms with E-state index < -0.39 is 0 Å². The second kappa shape index (κ2) is 4.75. The van der Waals surface area contributed by atoms with Crippen molar-refractivity contribution in [2.45, 2.75) is 31.5 Å². The summed E-state index contributed by atoms with van der Waals surface area (Å²) in [6.07, 6.45) is 2.26. The van der Waals surface area contributed by atoms with E-state index in [9.17, 15) is 9.59 Å². The van der Waals surface area contributed by atoms with Crippen LogP contribution < -0.4 is 10.9 Å². The molecule has 0 atom stereocenters. The summed E-state index contributed by atoms with van der Waals surface area (Å²) >= 11 is 1.40. The Labute approximate surface area is 112 Å². The Morgan fingerprint density at radius 2 is 2.37 bits per heavy atom. The zero-order chi connectivity index (χ0) is 13.4. The number of carbonyl (C=O) groups excluding carboxylic acids is 1. The Morgan fingerprint density at radius 1 is 1.58 bits per heavy atom. The molecule has 6 nitrogen and oxygen atoms in total. The van der Waals surface area contributed by atoms with Crippen LogP contribution in [0.3, 0.4) is 0 Å². The Hall–Kier alpha value is -1.73. The minimum atomic E-state index is -0.308. The highest BCUT2D eigenvalue weighted by atomic mass is 32.1. The van der Waals surface area contributed by atoms with Gasteiger partial charge in [0.05, 0.1) is 17.8 Å². The molecule has 2 heterocycles. The highest BCUT2D eigenvalue weighted by Gasteiger charge is 2.28. The summed E-state index contributed by atoms with van der Waals surface area (Å²) < 4.78 is 1.31. The van der Waals surface area contributed by atoms with E-state index in [1.54, 1.807) is 11.4 Å². The molecule has 7 heteroatoms. The third-order valence-corrected chi connectivity index (χ3v) is 4.06. The molecule has 19 heavy (non-hydrogen) atoms. The predicted molar refractivity (Wildman–Crippen MR) is 71.1 cm³/mol. The second-order valence-electron chi connectivity index (χ2n) is 4.71. The smallest absolute Gasteiger partial charge is 0.262 e. The van der Waals surface area contributed by atoms with Crippen molar-refractivity contribution in [3.05, 3.63) is 28.1 Å². The van der Waals surface area contributed by atoms with Crippen molar-refractivity contribution in [2.75, 3.05) is 0 Å². The molecule has 0 radical (unpaired) electrons. The van der Waals surface area contributed by atoms with Crippen molar-refractivity contribution in [3.8, 4) is 0 Å². The van der Waals surface area contributed by atoms with Gasteiger partial charge < -0.3 is 10.4 Å². The fraction of sp³-hybridized carbons (Fsp3) is 0.417. The van der Waals surface area contributed by atoms with Crippen molar-refractivity contribution in [2.24, 2.45) is 0 Å². The van der Waals surface area contributed by atoms with Crippen LogP contribution in [0.1, 0.15) is 12.8 Å². The summed E-state index contributed by atoms with van der Waals surface area (Å²) in [7, 11) is 0. The number of nitrogens with one attached hydrogen (secondary N) is 1. The lowest BCUT2D eigenvalue weighted by Crippen LogP contribution is -2.48. The van der Waals surface area contributed by atoms with Gasteiger partial charge in [-0.25, -0.2) is 4.98 Å². The summed E-state index contributed by atoms with van der Waals surface area (Å²) in [4.78, 5) is 28.7. The quantitative estimate of drug-likeness (QED) is 0.834. The van der Waals surface area contributed by atoms with Gasteiger partial charge in [0.2, 0.25) is 5.91 Å². The van der Waals surface area contributed by atoms with Gasteiger partial charge in [-0.05, 0) is 24.3 Å². The van der Waals surface area contributed by atoms with Gasteiger partial charge >= 0.3 is 0 Å². The average molecular weight is 279 g/mol. The van der Waals surface area contributed by atoms with Crippen molar-refractivity contribution < 1.29 is 9.90 Å². The predicted octanol–water partition coefficient (Wildman–Crippen LogP) is 0.0975. The lowest BCUT2D eigenvalue weighted by atomic mass is 9.89. The number of hydrogen-bond acceptors (Lipinski definition) is 5. The molecule has 100 valence electrons. The van der Waals surface area contributed by atoms with Crippen molar-refractivity contribution in [1.29, 1.82) is 0 Å². The Morgan fingerprint density at radius 3 is 3.11 bits per heavy atom. The number of fused-ring (bicyclic) bond motifs is 1. The molecule has 0 spiro atoms. The largest absolute Gasteiger partial charge is 0.393 e. The molecule has 0 saturated heterocycles. The summed E-state index contributed by atoms with van der Waals surface area (Å²) in [5.74, 6) is -0.227. The molecule has 1 amide bonds. The maximum atomic E-state index is 12.1. The Balaban J connectivity index is 1.72. The van der Waals surface area contributed by atoms with Crippen molar-refractivity contribution in [3.63, 3.8) is 0 Å². The van der Waals surface area contributed by atoms with Gasteiger partial charge in [0.1, 0.15) is 11.4 Å². The van der Waals surface area contributed by atoms with Crippen LogP contribution in [0.25, 0.3) is 10.2 Å². The highest BCUT2D eigenvalue weighted by molar-refractivity contribution is 7.16. The molecule has 0 bridgehead atoms. The van der Waals surface area contributed by atoms with E-state index >= 15 is 0 Å². The summed E-state index contributed by atoms with van der Waals surface area (Å²) in [5, 5.41) is 14.3. The van der Waals surface area contributed by atoms with Crippen molar-refractivity contribution >= 4 is 27.5 Å². The van der Waals surface area contributed by atoms with Gasteiger partial charge in [-0.3, -0.25) is 14.2 Å². The standard InChI is InChI=1S/C12H13N3O3S/c16-8-3-7(4-8)14-10(17)5-15-6-13-11-9(12(15)18)1-2-19-11/h1-2,6-8,16H,3-5H2,(H,14,17).